The van der Waals surface area contributed by atoms with Gasteiger partial charge in [-0.2, -0.15) is 0 Å². The van der Waals surface area contributed by atoms with Crippen LogP contribution in [0.4, 0.5) is 0 Å². The molecule has 0 unspecified atom stereocenters. The number of amides is 1. The average Bonchev–Trinajstić information content (AvgIpc) is 3.00. The summed E-state index contributed by atoms with van der Waals surface area (Å²) in [6.07, 6.45) is 3.41. The number of carbonyl (C=O) groups is 1. The molecule has 0 radical (unpaired) electrons. The summed E-state index contributed by atoms with van der Waals surface area (Å²) in [5, 5.41) is 0.556. The van der Waals surface area contributed by atoms with E-state index in [2.05, 4.69) is 39.5 Å². The zero-order valence-electron chi connectivity index (χ0n) is 18.4. The molecule has 0 atom stereocenters. The number of benzene rings is 2. The number of rotatable bonds is 8. The molecule has 0 aromatic heterocycles. The first-order valence-corrected chi connectivity index (χ1v) is 11.8. The Morgan fingerprint density at radius 3 is 2.47 bits per heavy atom. The maximum absolute atomic E-state index is 12.6. The molecule has 2 aromatic rings. The number of nitrogens with zero attached hydrogens (tertiary/aromatic N) is 1. The van der Waals surface area contributed by atoms with E-state index in [1.807, 2.05) is 12.1 Å². The molecular weight excluding hydrogens is 462 g/mol. The van der Waals surface area contributed by atoms with E-state index in [1.165, 1.54) is 22.2 Å². The van der Waals surface area contributed by atoms with Crippen molar-refractivity contribution in [1.29, 1.82) is 0 Å². The molecule has 1 aliphatic heterocycles. The van der Waals surface area contributed by atoms with Crippen LogP contribution in [0, 0.1) is 0 Å². The maximum Gasteiger partial charge on any atom is 0.266 e. The van der Waals surface area contributed by atoms with Crippen molar-refractivity contribution in [2.45, 2.75) is 26.2 Å². The predicted molar refractivity (Wildman–Crippen MR) is 138 cm³/mol. The first-order chi connectivity index (χ1) is 15.2. The van der Waals surface area contributed by atoms with Crippen molar-refractivity contribution in [2.24, 2.45) is 0 Å². The van der Waals surface area contributed by atoms with Crippen molar-refractivity contribution in [3.8, 4) is 11.5 Å². The van der Waals surface area contributed by atoms with Gasteiger partial charge < -0.3 is 9.47 Å². The van der Waals surface area contributed by atoms with Crippen molar-refractivity contribution in [1.82, 2.24) is 4.90 Å². The highest BCUT2D eigenvalue weighted by molar-refractivity contribution is 8.26. The van der Waals surface area contributed by atoms with Crippen LogP contribution in [-0.2, 0) is 10.2 Å². The van der Waals surface area contributed by atoms with Crippen molar-refractivity contribution in [2.75, 3.05) is 19.8 Å². The van der Waals surface area contributed by atoms with Gasteiger partial charge in [-0.1, -0.05) is 74.6 Å². The molecule has 1 amide bonds. The average molecular weight is 488 g/mol. The van der Waals surface area contributed by atoms with Gasteiger partial charge in [-0.25, -0.2) is 0 Å². The van der Waals surface area contributed by atoms with E-state index in [1.54, 1.807) is 30.4 Å². The molecule has 1 fully saturated rings. The van der Waals surface area contributed by atoms with Gasteiger partial charge in [-0.3, -0.25) is 9.69 Å². The molecule has 1 heterocycles. The van der Waals surface area contributed by atoms with Crippen LogP contribution in [0.3, 0.4) is 0 Å². The fraction of sp³-hybridized carbons (Fsp3) is 0.280. The summed E-state index contributed by atoms with van der Waals surface area (Å²) in [7, 11) is 0. The molecule has 4 nitrogen and oxygen atoms in total. The molecule has 168 valence electrons. The van der Waals surface area contributed by atoms with Crippen LogP contribution in [0.15, 0.2) is 60.0 Å². The quantitative estimate of drug-likeness (QED) is 0.184. The lowest BCUT2D eigenvalue weighted by Crippen LogP contribution is -2.27. The molecule has 1 saturated heterocycles. The van der Waals surface area contributed by atoms with Crippen molar-refractivity contribution in [3.63, 3.8) is 0 Å². The zero-order valence-corrected chi connectivity index (χ0v) is 20.8. The van der Waals surface area contributed by atoms with Crippen LogP contribution in [0.25, 0.3) is 6.08 Å². The van der Waals surface area contributed by atoms with Gasteiger partial charge >= 0.3 is 0 Å². The van der Waals surface area contributed by atoms with Crippen LogP contribution >= 0.6 is 35.6 Å². The van der Waals surface area contributed by atoms with Gasteiger partial charge in [0.2, 0.25) is 0 Å². The van der Waals surface area contributed by atoms with Crippen LogP contribution in [0.2, 0.25) is 5.02 Å². The van der Waals surface area contributed by atoms with E-state index in [0.29, 0.717) is 45.3 Å². The number of halogens is 1. The second-order valence-electron chi connectivity index (χ2n) is 8.23. The normalized spacial score (nSPS) is 15.4. The van der Waals surface area contributed by atoms with Crippen molar-refractivity contribution >= 4 is 51.9 Å². The first-order valence-electron chi connectivity index (χ1n) is 10.2. The van der Waals surface area contributed by atoms with E-state index in [-0.39, 0.29) is 11.3 Å². The second kappa shape index (κ2) is 10.6. The molecule has 0 saturated carbocycles. The molecular formula is C25H26ClNO3S2. The fourth-order valence-electron chi connectivity index (χ4n) is 3.05. The largest absolute Gasteiger partial charge is 0.490 e. The van der Waals surface area contributed by atoms with E-state index in [0.717, 1.165) is 5.75 Å². The summed E-state index contributed by atoms with van der Waals surface area (Å²) < 4.78 is 12.2. The van der Waals surface area contributed by atoms with Crippen LogP contribution in [0.5, 0.6) is 11.5 Å². The Bertz CT molecular complexity index is 1040. The molecule has 3 rings (SSSR count). The van der Waals surface area contributed by atoms with E-state index < -0.39 is 0 Å². The Balaban J connectivity index is 1.64. The van der Waals surface area contributed by atoms with Gasteiger partial charge in [0, 0.05) is 17.1 Å². The SMILES string of the molecule is C=CCN1C(=O)/C(=C/c2cc(Cl)ccc2OCCOc2ccc(C(C)(C)C)cc2)SC1=S. The summed E-state index contributed by atoms with van der Waals surface area (Å²) in [5.41, 5.74) is 2.07. The number of carbonyl (C=O) groups excluding carboxylic acids is 1. The number of hydrogen-bond donors (Lipinski definition) is 0. The molecule has 0 bridgehead atoms. The third kappa shape index (κ3) is 6.15. The van der Waals surface area contributed by atoms with Gasteiger partial charge in [0.1, 0.15) is 29.0 Å². The molecule has 0 aliphatic carbocycles. The van der Waals surface area contributed by atoms with E-state index >= 15 is 0 Å². The van der Waals surface area contributed by atoms with Gasteiger partial charge in [-0.05, 0) is 47.4 Å². The summed E-state index contributed by atoms with van der Waals surface area (Å²) in [6, 6.07) is 13.4. The number of ether oxygens (including phenoxy) is 2. The Kier molecular flexibility index (Phi) is 8.04. The lowest BCUT2D eigenvalue weighted by molar-refractivity contribution is -0.121. The molecule has 0 N–H and O–H groups in total. The Labute approximate surface area is 204 Å². The van der Waals surface area contributed by atoms with Gasteiger partial charge in [-0.15, -0.1) is 6.58 Å². The molecule has 1 aliphatic rings. The van der Waals surface area contributed by atoms with E-state index in [4.69, 9.17) is 33.3 Å². The van der Waals surface area contributed by atoms with E-state index in [9.17, 15) is 4.79 Å². The minimum Gasteiger partial charge on any atom is -0.490 e. The zero-order chi connectivity index (χ0) is 23.3. The minimum absolute atomic E-state index is 0.104. The first kappa shape index (κ1) is 24.4. The van der Waals surface area contributed by atoms with Crippen LogP contribution in [-0.4, -0.2) is 34.9 Å². The monoisotopic (exact) mass is 487 g/mol. The summed E-state index contributed by atoms with van der Waals surface area (Å²) >= 11 is 12.7. The van der Waals surface area contributed by atoms with Gasteiger partial charge in [0.05, 0.1) is 4.91 Å². The Hall–Kier alpha value is -2.28. The lowest BCUT2D eigenvalue weighted by Gasteiger charge is -2.19. The fourth-order valence-corrected chi connectivity index (χ4v) is 4.50. The highest BCUT2D eigenvalue weighted by atomic mass is 35.5. The number of hydrogen-bond acceptors (Lipinski definition) is 5. The Morgan fingerprint density at radius 2 is 1.81 bits per heavy atom. The third-order valence-corrected chi connectivity index (χ3v) is 6.39. The Morgan fingerprint density at radius 1 is 1.12 bits per heavy atom. The molecule has 32 heavy (non-hydrogen) atoms. The van der Waals surface area contributed by atoms with Crippen molar-refractivity contribution in [3.05, 3.63) is 76.2 Å². The summed E-state index contributed by atoms with van der Waals surface area (Å²) in [4.78, 5) is 14.7. The van der Waals surface area contributed by atoms with Gasteiger partial charge in [0.15, 0.2) is 0 Å². The smallest absolute Gasteiger partial charge is 0.266 e. The van der Waals surface area contributed by atoms with Gasteiger partial charge in [0.25, 0.3) is 5.91 Å². The minimum atomic E-state index is -0.145. The van der Waals surface area contributed by atoms with Crippen LogP contribution < -0.4 is 9.47 Å². The second-order valence-corrected chi connectivity index (χ2v) is 10.3. The number of thiocarbonyl (C=S) groups is 1. The predicted octanol–water partition coefficient (Wildman–Crippen LogP) is 6.48. The third-order valence-electron chi connectivity index (χ3n) is 4.77. The standard InChI is InChI=1S/C25H26ClNO3S2/c1-5-12-27-23(28)22(32-24(27)31)16-17-15-19(26)8-11-21(17)30-14-13-29-20-9-6-18(7-10-20)25(2,3)4/h5-11,15-16H,1,12-14H2,2-4H3/b22-16-. The molecule has 0 spiro atoms. The summed E-state index contributed by atoms with van der Waals surface area (Å²) in [5.74, 6) is 1.27. The van der Waals surface area contributed by atoms with Crippen LogP contribution in [0.1, 0.15) is 31.9 Å². The maximum atomic E-state index is 12.6. The lowest BCUT2D eigenvalue weighted by atomic mass is 9.87. The topological polar surface area (TPSA) is 38.8 Å². The highest BCUT2D eigenvalue weighted by Gasteiger charge is 2.31. The molecule has 2 aromatic carbocycles. The highest BCUT2D eigenvalue weighted by Crippen LogP contribution is 2.35. The molecule has 7 heteroatoms. The number of thioether (sulfide) groups is 1. The van der Waals surface area contributed by atoms with Crippen molar-refractivity contribution < 1.29 is 14.3 Å². The summed E-state index contributed by atoms with van der Waals surface area (Å²) in [6.45, 7) is 11.3.